The predicted molar refractivity (Wildman–Crippen MR) is 78.7 cm³/mol. The minimum atomic E-state index is -1.22. The molecule has 0 spiro atoms. The van der Waals surface area contributed by atoms with E-state index in [0.29, 0.717) is 10.2 Å². The zero-order valence-corrected chi connectivity index (χ0v) is 12.8. The molecule has 0 heterocycles. The van der Waals surface area contributed by atoms with Crippen LogP contribution in [0.1, 0.15) is 23.2 Å². The molecule has 0 saturated carbocycles. The fourth-order valence-corrected chi connectivity index (χ4v) is 1.79. The van der Waals surface area contributed by atoms with E-state index in [1.807, 2.05) is 0 Å². The summed E-state index contributed by atoms with van der Waals surface area (Å²) >= 11 is 3.20. The van der Waals surface area contributed by atoms with Gasteiger partial charge in [-0.15, -0.1) is 0 Å². The summed E-state index contributed by atoms with van der Waals surface area (Å²) in [7, 11) is 1.21. The second kappa shape index (κ2) is 7.63. The quantitative estimate of drug-likeness (QED) is 0.518. The Morgan fingerprint density at radius 1 is 1.43 bits per heavy atom. The average molecular weight is 359 g/mol. The maximum atomic E-state index is 12.0. The number of hydrogen-bond acceptors (Lipinski definition) is 5. The van der Waals surface area contributed by atoms with Crippen LogP contribution in [0.25, 0.3) is 0 Å². The number of carbonyl (C=O) groups excluding carboxylic acids is 2. The number of carbonyl (C=O) groups is 3. The number of hydrogen-bond donors (Lipinski definition) is 3. The van der Waals surface area contributed by atoms with Crippen molar-refractivity contribution in [3.05, 3.63) is 28.2 Å². The molecule has 0 saturated heterocycles. The summed E-state index contributed by atoms with van der Waals surface area (Å²) in [5.74, 6) is -2.34. The van der Waals surface area contributed by atoms with Gasteiger partial charge in [-0.25, -0.2) is 4.79 Å². The van der Waals surface area contributed by atoms with E-state index < -0.39 is 23.9 Å². The molecule has 1 atom stereocenters. The van der Waals surface area contributed by atoms with Crippen molar-refractivity contribution in [2.45, 2.75) is 18.9 Å². The number of nitrogens with two attached hydrogens (primary N) is 1. The molecule has 1 rings (SSSR count). The normalized spacial score (nSPS) is 11.5. The Balaban J connectivity index is 2.74. The zero-order chi connectivity index (χ0) is 16.0. The van der Waals surface area contributed by atoms with Gasteiger partial charge in [0.2, 0.25) is 0 Å². The second-order valence-corrected chi connectivity index (χ2v) is 5.07. The SMILES string of the molecule is COC(=O)CCC(NC(=O)c1ccc(Br)c(N)c1)C(=O)O. The first kappa shape index (κ1) is 17.0. The standard InChI is InChI=1S/C13H15BrN2O5/c1-21-11(17)5-4-10(13(19)20)16-12(18)7-2-3-8(14)9(15)6-7/h2-3,6,10H,4-5,15H2,1H3,(H,16,18)(H,19,20). The van der Waals surface area contributed by atoms with Crippen molar-refractivity contribution in [3.8, 4) is 0 Å². The lowest BCUT2D eigenvalue weighted by molar-refractivity contribution is -0.142. The molecule has 7 nitrogen and oxygen atoms in total. The highest BCUT2D eigenvalue weighted by Gasteiger charge is 2.22. The molecule has 0 aromatic heterocycles. The Kier molecular flexibility index (Phi) is 6.16. The number of benzene rings is 1. The van der Waals surface area contributed by atoms with Crippen LogP contribution >= 0.6 is 15.9 Å². The molecule has 1 aromatic rings. The van der Waals surface area contributed by atoms with Crippen molar-refractivity contribution in [1.29, 1.82) is 0 Å². The lowest BCUT2D eigenvalue weighted by Crippen LogP contribution is -2.41. The molecule has 4 N–H and O–H groups in total. The monoisotopic (exact) mass is 358 g/mol. The van der Waals surface area contributed by atoms with Gasteiger partial charge in [0.25, 0.3) is 5.91 Å². The first-order valence-corrected chi connectivity index (χ1v) is 6.80. The van der Waals surface area contributed by atoms with Crippen molar-refractivity contribution in [2.24, 2.45) is 0 Å². The van der Waals surface area contributed by atoms with E-state index in [1.165, 1.54) is 19.2 Å². The summed E-state index contributed by atoms with van der Waals surface area (Å²) in [4.78, 5) is 34.1. The van der Waals surface area contributed by atoms with Crippen molar-refractivity contribution in [2.75, 3.05) is 12.8 Å². The van der Waals surface area contributed by atoms with Crippen LogP contribution in [0.3, 0.4) is 0 Å². The van der Waals surface area contributed by atoms with Gasteiger partial charge in [-0.1, -0.05) is 0 Å². The highest BCUT2D eigenvalue weighted by atomic mass is 79.9. The molecule has 8 heteroatoms. The minimum Gasteiger partial charge on any atom is -0.480 e. The number of rotatable bonds is 6. The summed E-state index contributed by atoms with van der Waals surface area (Å²) in [5, 5.41) is 11.4. The summed E-state index contributed by atoms with van der Waals surface area (Å²) in [6, 6.07) is 3.35. The average Bonchev–Trinajstić information content (AvgIpc) is 2.45. The minimum absolute atomic E-state index is 0.0558. The number of amides is 1. The summed E-state index contributed by atoms with van der Waals surface area (Å²) < 4.78 is 5.07. The molecule has 1 unspecified atom stereocenters. The van der Waals surface area contributed by atoms with Crippen LogP contribution in [-0.4, -0.2) is 36.1 Å². The van der Waals surface area contributed by atoms with Crippen molar-refractivity contribution in [3.63, 3.8) is 0 Å². The van der Waals surface area contributed by atoms with E-state index in [0.717, 1.165) is 0 Å². The van der Waals surface area contributed by atoms with Crippen molar-refractivity contribution >= 4 is 39.5 Å². The first-order chi connectivity index (χ1) is 9.85. The van der Waals surface area contributed by atoms with E-state index in [1.54, 1.807) is 6.07 Å². The fraction of sp³-hybridized carbons (Fsp3) is 0.308. The van der Waals surface area contributed by atoms with Gasteiger partial charge in [-0.05, 0) is 40.5 Å². The number of aliphatic carboxylic acids is 1. The van der Waals surface area contributed by atoms with E-state index >= 15 is 0 Å². The third-order valence-electron chi connectivity index (χ3n) is 2.73. The lowest BCUT2D eigenvalue weighted by atomic mass is 10.1. The molecule has 114 valence electrons. The zero-order valence-electron chi connectivity index (χ0n) is 11.3. The van der Waals surface area contributed by atoms with E-state index in [2.05, 4.69) is 26.0 Å². The van der Waals surface area contributed by atoms with Crippen LogP contribution in [0.15, 0.2) is 22.7 Å². The van der Waals surface area contributed by atoms with Gasteiger partial charge < -0.3 is 20.9 Å². The third kappa shape index (κ3) is 5.07. The van der Waals surface area contributed by atoms with E-state index in [9.17, 15) is 14.4 Å². The van der Waals surface area contributed by atoms with E-state index in [4.69, 9.17) is 10.8 Å². The molecule has 21 heavy (non-hydrogen) atoms. The number of carboxylic acids is 1. The number of ether oxygens (including phenoxy) is 1. The van der Waals surface area contributed by atoms with Crippen molar-refractivity contribution < 1.29 is 24.2 Å². The first-order valence-electron chi connectivity index (χ1n) is 6.00. The molecular formula is C13H15BrN2O5. The summed E-state index contributed by atoms with van der Waals surface area (Å²) in [5.41, 5.74) is 6.26. The number of anilines is 1. The van der Waals surface area contributed by atoms with Gasteiger partial charge in [0.1, 0.15) is 6.04 Å². The van der Waals surface area contributed by atoms with Gasteiger partial charge in [-0.3, -0.25) is 9.59 Å². The molecule has 0 radical (unpaired) electrons. The molecule has 0 bridgehead atoms. The second-order valence-electron chi connectivity index (χ2n) is 4.22. The van der Waals surface area contributed by atoms with Crippen LogP contribution in [0.2, 0.25) is 0 Å². The highest BCUT2D eigenvalue weighted by molar-refractivity contribution is 9.10. The number of carboxylic acid groups (broad SMARTS) is 1. The molecule has 1 aromatic carbocycles. The largest absolute Gasteiger partial charge is 0.480 e. The Morgan fingerprint density at radius 3 is 2.62 bits per heavy atom. The Hall–Kier alpha value is -2.09. The molecule has 0 aliphatic rings. The summed E-state index contributed by atoms with van der Waals surface area (Å²) in [6.45, 7) is 0. The predicted octanol–water partition coefficient (Wildman–Crippen LogP) is 1.17. The van der Waals surface area contributed by atoms with Gasteiger partial charge in [-0.2, -0.15) is 0 Å². The number of nitrogens with one attached hydrogen (secondary N) is 1. The smallest absolute Gasteiger partial charge is 0.326 e. The van der Waals surface area contributed by atoms with Gasteiger partial charge in [0.15, 0.2) is 0 Å². The number of halogens is 1. The van der Waals surface area contributed by atoms with Crippen LogP contribution in [0.4, 0.5) is 5.69 Å². The third-order valence-corrected chi connectivity index (χ3v) is 3.45. The van der Waals surface area contributed by atoms with E-state index in [-0.39, 0.29) is 18.4 Å². The van der Waals surface area contributed by atoms with Crippen LogP contribution < -0.4 is 11.1 Å². The summed E-state index contributed by atoms with van der Waals surface area (Å²) in [6.07, 6.45) is -0.157. The number of nitrogen functional groups attached to an aromatic ring is 1. The lowest BCUT2D eigenvalue weighted by Gasteiger charge is -2.14. The van der Waals surface area contributed by atoms with Gasteiger partial charge in [0.05, 0.1) is 7.11 Å². The van der Waals surface area contributed by atoms with Crippen LogP contribution in [0.5, 0.6) is 0 Å². The van der Waals surface area contributed by atoms with Crippen LogP contribution in [0, 0.1) is 0 Å². The molecule has 0 aliphatic carbocycles. The van der Waals surface area contributed by atoms with Gasteiger partial charge >= 0.3 is 11.9 Å². The topological polar surface area (TPSA) is 119 Å². The fourth-order valence-electron chi connectivity index (χ4n) is 1.55. The molecular weight excluding hydrogens is 344 g/mol. The highest BCUT2D eigenvalue weighted by Crippen LogP contribution is 2.20. The maximum Gasteiger partial charge on any atom is 0.326 e. The maximum absolute atomic E-state index is 12.0. The molecule has 1 amide bonds. The number of esters is 1. The Bertz CT molecular complexity index is 561. The van der Waals surface area contributed by atoms with Crippen LogP contribution in [-0.2, 0) is 14.3 Å². The Morgan fingerprint density at radius 2 is 2.10 bits per heavy atom. The molecule has 0 fully saturated rings. The Labute approximate surface area is 129 Å². The van der Waals surface area contributed by atoms with Crippen molar-refractivity contribution in [1.82, 2.24) is 5.32 Å². The molecule has 0 aliphatic heterocycles. The number of methoxy groups -OCH3 is 1. The van der Waals surface area contributed by atoms with Gasteiger partial charge in [0, 0.05) is 22.1 Å².